The molecule has 2 aromatic rings. The van der Waals surface area contributed by atoms with Crippen molar-refractivity contribution in [3.8, 4) is 11.5 Å². The Labute approximate surface area is 134 Å². The SMILES string of the molecule is CCOc1ccccc1OCC(=O)Nc1ccccc1C(N)=O. The molecule has 2 amide bonds. The van der Waals surface area contributed by atoms with Gasteiger partial charge in [-0.05, 0) is 31.2 Å². The summed E-state index contributed by atoms with van der Waals surface area (Å²) in [6.45, 7) is 2.15. The lowest BCUT2D eigenvalue weighted by Gasteiger charge is -2.12. The molecule has 0 radical (unpaired) electrons. The minimum atomic E-state index is -0.608. The summed E-state index contributed by atoms with van der Waals surface area (Å²) in [7, 11) is 0. The molecular weight excluding hydrogens is 296 g/mol. The number of nitrogens with one attached hydrogen (secondary N) is 1. The topological polar surface area (TPSA) is 90.7 Å². The quantitative estimate of drug-likeness (QED) is 0.819. The third-order valence-electron chi connectivity index (χ3n) is 2.97. The fourth-order valence-corrected chi connectivity index (χ4v) is 1.98. The van der Waals surface area contributed by atoms with E-state index >= 15 is 0 Å². The summed E-state index contributed by atoms with van der Waals surface area (Å²) in [5.41, 5.74) is 5.87. The fraction of sp³-hybridized carbons (Fsp3) is 0.176. The first-order chi connectivity index (χ1) is 11.1. The number of amides is 2. The lowest BCUT2D eigenvalue weighted by molar-refractivity contribution is -0.118. The number of rotatable bonds is 7. The highest BCUT2D eigenvalue weighted by atomic mass is 16.5. The van der Waals surface area contributed by atoms with Crippen molar-refractivity contribution in [2.45, 2.75) is 6.92 Å². The third-order valence-corrected chi connectivity index (χ3v) is 2.97. The first-order valence-corrected chi connectivity index (χ1v) is 7.15. The molecule has 0 spiro atoms. The van der Waals surface area contributed by atoms with Crippen LogP contribution in [0.2, 0.25) is 0 Å². The van der Waals surface area contributed by atoms with Crippen molar-refractivity contribution in [2.75, 3.05) is 18.5 Å². The normalized spacial score (nSPS) is 9.96. The number of hydrogen-bond donors (Lipinski definition) is 2. The second-order valence-corrected chi connectivity index (χ2v) is 4.63. The van der Waals surface area contributed by atoms with Crippen molar-refractivity contribution < 1.29 is 19.1 Å². The second-order valence-electron chi connectivity index (χ2n) is 4.63. The number of para-hydroxylation sites is 3. The van der Waals surface area contributed by atoms with E-state index in [0.717, 1.165) is 0 Å². The highest BCUT2D eigenvalue weighted by Gasteiger charge is 2.11. The molecule has 0 heterocycles. The minimum Gasteiger partial charge on any atom is -0.490 e. The van der Waals surface area contributed by atoms with Gasteiger partial charge in [0.1, 0.15) is 0 Å². The molecule has 6 nitrogen and oxygen atoms in total. The number of carbonyl (C=O) groups is 2. The zero-order valence-corrected chi connectivity index (χ0v) is 12.7. The predicted molar refractivity (Wildman–Crippen MR) is 86.7 cm³/mol. The van der Waals surface area contributed by atoms with Gasteiger partial charge in [-0.25, -0.2) is 0 Å². The predicted octanol–water partition coefficient (Wildman–Crippen LogP) is 2.20. The van der Waals surface area contributed by atoms with Gasteiger partial charge in [0.05, 0.1) is 17.9 Å². The zero-order valence-electron chi connectivity index (χ0n) is 12.7. The van der Waals surface area contributed by atoms with Crippen LogP contribution in [0.3, 0.4) is 0 Å². The van der Waals surface area contributed by atoms with Gasteiger partial charge in [-0.2, -0.15) is 0 Å². The number of carbonyl (C=O) groups excluding carboxylic acids is 2. The molecule has 0 aliphatic carbocycles. The highest BCUT2D eigenvalue weighted by molar-refractivity contribution is 6.03. The first kappa shape index (κ1) is 16.4. The van der Waals surface area contributed by atoms with Gasteiger partial charge in [0.15, 0.2) is 18.1 Å². The van der Waals surface area contributed by atoms with Crippen LogP contribution in [0.4, 0.5) is 5.69 Å². The Morgan fingerprint density at radius 2 is 1.61 bits per heavy atom. The van der Waals surface area contributed by atoms with Gasteiger partial charge < -0.3 is 20.5 Å². The maximum Gasteiger partial charge on any atom is 0.262 e. The van der Waals surface area contributed by atoms with Gasteiger partial charge in [-0.15, -0.1) is 0 Å². The van der Waals surface area contributed by atoms with E-state index in [4.69, 9.17) is 15.2 Å². The van der Waals surface area contributed by atoms with Crippen LogP contribution < -0.4 is 20.5 Å². The highest BCUT2D eigenvalue weighted by Crippen LogP contribution is 2.26. The molecule has 3 N–H and O–H groups in total. The van der Waals surface area contributed by atoms with Gasteiger partial charge >= 0.3 is 0 Å². The van der Waals surface area contributed by atoms with Crippen LogP contribution in [-0.2, 0) is 4.79 Å². The van der Waals surface area contributed by atoms with E-state index in [-0.39, 0.29) is 12.2 Å². The number of anilines is 1. The van der Waals surface area contributed by atoms with E-state index < -0.39 is 11.8 Å². The van der Waals surface area contributed by atoms with Crippen molar-refractivity contribution in [2.24, 2.45) is 5.73 Å². The molecule has 0 bridgehead atoms. The molecule has 0 aliphatic heterocycles. The zero-order chi connectivity index (χ0) is 16.7. The summed E-state index contributed by atoms with van der Waals surface area (Å²) in [4.78, 5) is 23.3. The fourth-order valence-electron chi connectivity index (χ4n) is 1.98. The standard InChI is InChI=1S/C17H18N2O4/c1-2-22-14-9-5-6-10-15(14)23-11-16(20)19-13-8-4-3-7-12(13)17(18)21/h3-10H,2,11H2,1H3,(H2,18,21)(H,19,20). The van der Waals surface area contributed by atoms with Crippen molar-refractivity contribution in [1.82, 2.24) is 0 Å². The molecule has 0 unspecified atom stereocenters. The second kappa shape index (κ2) is 7.84. The van der Waals surface area contributed by atoms with E-state index in [0.29, 0.717) is 23.8 Å². The van der Waals surface area contributed by atoms with Gasteiger partial charge in [-0.1, -0.05) is 24.3 Å². The summed E-state index contributed by atoms with van der Waals surface area (Å²) in [6.07, 6.45) is 0. The number of nitrogens with two attached hydrogens (primary N) is 1. The summed E-state index contributed by atoms with van der Waals surface area (Å²) in [5.74, 6) is 0.0431. The smallest absolute Gasteiger partial charge is 0.262 e. The average Bonchev–Trinajstić information content (AvgIpc) is 2.54. The van der Waals surface area contributed by atoms with Crippen molar-refractivity contribution in [3.05, 3.63) is 54.1 Å². The number of benzene rings is 2. The molecule has 2 aromatic carbocycles. The summed E-state index contributed by atoms with van der Waals surface area (Å²) in [6, 6.07) is 13.6. The Morgan fingerprint density at radius 3 is 2.26 bits per heavy atom. The Balaban J connectivity index is 2.00. The summed E-state index contributed by atoms with van der Waals surface area (Å²) >= 11 is 0. The van der Waals surface area contributed by atoms with E-state index in [1.165, 1.54) is 0 Å². The molecule has 0 fully saturated rings. The van der Waals surface area contributed by atoms with Gasteiger partial charge in [0, 0.05) is 0 Å². The van der Waals surface area contributed by atoms with Gasteiger partial charge in [0.25, 0.3) is 11.8 Å². The van der Waals surface area contributed by atoms with Gasteiger partial charge in [-0.3, -0.25) is 9.59 Å². The molecule has 2 rings (SSSR count). The molecule has 120 valence electrons. The number of hydrogen-bond acceptors (Lipinski definition) is 4. The van der Waals surface area contributed by atoms with Crippen LogP contribution in [0, 0.1) is 0 Å². The molecule has 0 saturated heterocycles. The lowest BCUT2D eigenvalue weighted by Crippen LogP contribution is -2.23. The molecule has 0 saturated carbocycles. The van der Waals surface area contributed by atoms with E-state index in [1.54, 1.807) is 42.5 Å². The van der Waals surface area contributed by atoms with E-state index in [2.05, 4.69) is 5.32 Å². The van der Waals surface area contributed by atoms with Gasteiger partial charge in [0.2, 0.25) is 0 Å². The summed E-state index contributed by atoms with van der Waals surface area (Å²) < 4.78 is 10.9. The Kier molecular flexibility index (Phi) is 5.57. The van der Waals surface area contributed by atoms with Crippen molar-refractivity contribution in [1.29, 1.82) is 0 Å². The Morgan fingerprint density at radius 1 is 1.00 bits per heavy atom. The number of ether oxygens (including phenoxy) is 2. The molecule has 0 aromatic heterocycles. The molecule has 0 atom stereocenters. The van der Waals surface area contributed by atoms with Crippen LogP contribution in [0.5, 0.6) is 11.5 Å². The first-order valence-electron chi connectivity index (χ1n) is 7.15. The molecule has 23 heavy (non-hydrogen) atoms. The van der Waals surface area contributed by atoms with Crippen molar-refractivity contribution >= 4 is 17.5 Å². The molecular formula is C17H18N2O4. The van der Waals surface area contributed by atoms with Crippen LogP contribution >= 0.6 is 0 Å². The van der Waals surface area contributed by atoms with Crippen LogP contribution in [0.1, 0.15) is 17.3 Å². The lowest BCUT2D eigenvalue weighted by atomic mass is 10.1. The average molecular weight is 314 g/mol. The maximum atomic E-state index is 12.0. The Bertz CT molecular complexity index is 700. The van der Waals surface area contributed by atoms with E-state index in [9.17, 15) is 9.59 Å². The van der Waals surface area contributed by atoms with Crippen LogP contribution in [-0.4, -0.2) is 25.0 Å². The molecule has 6 heteroatoms. The maximum absolute atomic E-state index is 12.0. The largest absolute Gasteiger partial charge is 0.490 e. The molecule has 0 aliphatic rings. The third kappa shape index (κ3) is 4.47. The Hall–Kier alpha value is -3.02. The van der Waals surface area contributed by atoms with Crippen molar-refractivity contribution in [3.63, 3.8) is 0 Å². The van der Waals surface area contributed by atoms with Crippen LogP contribution in [0.15, 0.2) is 48.5 Å². The summed E-state index contributed by atoms with van der Waals surface area (Å²) in [5, 5.41) is 2.61. The monoisotopic (exact) mass is 314 g/mol. The van der Waals surface area contributed by atoms with E-state index in [1.807, 2.05) is 13.0 Å². The number of primary amides is 1. The minimum absolute atomic E-state index is 0.211. The van der Waals surface area contributed by atoms with Crippen LogP contribution in [0.25, 0.3) is 0 Å².